The third-order valence-corrected chi connectivity index (χ3v) is 4.82. The first-order chi connectivity index (χ1) is 11.2. The first kappa shape index (κ1) is 18.8. The third kappa shape index (κ3) is 4.09. The summed E-state index contributed by atoms with van der Waals surface area (Å²) in [6.07, 6.45) is 0. The lowest BCUT2D eigenvalue weighted by molar-refractivity contribution is -0.120. The number of rotatable bonds is 5. The van der Waals surface area contributed by atoms with Gasteiger partial charge in [-0.2, -0.15) is 5.10 Å². The van der Waals surface area contributed by atoms with E-state index in [1.807, 2.05) is 45.8 Å². The van der Waals surface area contributed by atoms with Gasteiger partial charge in [-0.15, -0.1) is 0 Å². The highest BCUT2D eigenvalue weighted by Crippen LogP contribution is 2.23. The van der Waals surface area contributed by atoms with Crippen LogP contribution in [0.2, 0.25) is 10.0 Å². The second-order valence-corrected chi connectivity index (χ2v) is 6.83. The average Bonchev–Trinajstić information content (AvgIpc) is 2.75. The monoisotopic (exact) mass is 368 g/mol. The number of aryl methyl sites for hydroxylation is 2. The minimum absolute atomic E-state index is 0.0817. The summed E-state index contributed by atoms with van der Waals surface area (Å²) < 4.78 is 1.76. The molecule has 130 valence electrons. The number of anilines is 1. The molecule has 2 rings (SSSR count). The molecule has 0 radical (unpaired) electrons. The van der Waals surface area contributed by atoms with Crippen molar-refractivity contribution in [1.29, 1.82) is 0 Å². The van der Waals surface area contributed by atoms with Crippen molar-refractivity contribution in [3.63, 3.8) is 0 Å². The summed E-state index contributed by atoms with van der Waals surface area (Å²) in [5, 5.41) is 8.48. The van der Waals surface area contributed by atoms with Gasteiger partial charge in [0.2, 0.25) is 5.91 Å². The number of nitrogens with zero attached hydrogens (tertiary/aromatic N) is 3. The smallest absolute Gasteiger partial charge is 0.241 e. The van der Waals surface area contributed by atoms with E-state index in [1.54, 1.807) is 16.8 Å². The Labute approximate surface area is 152 Å². The summed E-state index contributed by atoms with van der Waals surface area (Å²) in [6, 6.07) is 5.06. The third-order valence-electron chi connectivity index (χ3n) is 4.23. The van der Waals surface area contributed by atoms with Gasteiger partial charge in [-0.25, -0.2) is 0 Å². The molecule has 1 atom stereocenters. The summed E-state index contributed by atoms with van der Waals surface area (Å²) in [7, 11) is 3.74. The molecule has 5 nitrogen and oxygen atoms in total. The van der Waals surface area contributed by atoms with Gasteiger partial charge in [-0.05, 0) is 45.5 Å². The van der Waals surface area contributed by atoms with E-state index in [9.17, 15) is 4.79 Å². The molecule has 1 aromatic heterocycles. The second-order valence-electron chi connectivity index (χ2n) is 5.99. The van der Waals surface area contributed by atoms with Crippen LogP contribution in [0.25, 0.3) is 0 Å². The zero-order valence-corrected chi connectivity index (χ0v) is 16.0. The van der Waals surface area contributed by atoms with Gasteiger partial charge in [0, 0.05) is 23.6 Å². The van der Waals surface area contributed by atoms with E-state index in [1.165, 1.54) is 0 Å². The molecule has 24 heavy (non-hydrogen) atoms. The molecular weight excluding hydrogens is 347 g/mol. The van der Waals surface area contributed by atoms with Crippen LogP contribution in [0.5, 0.6) is 0 Å². The SMILES string of the molecule is Cc1nn(C)c(C)c1NC(=O)[C@@H](C)N(C)Cc1ccc(Cl)cc1Cl. The molecule has 0 aliphatic rings. The Morgan fingerprint density at radius 3 is 2.58 bits per heavy atom. The summed E-state index contributed by atoms with van der Waals surface area (Å²) in [6.45, 7) is 6.22. The molecule has 1 amide bonds. The molecule has 0 spiro atoms. The fourth-order valence-corrected chi connectivity index (χ4v) is 2.91. The van der Waals surface area contributed by atoms with Gasteiger partial charge in [0.15, 0.2) is 0 Å². The van der Waals surface area contributed by atoms with Crippen LogP contribution >= 0.6 is 23.2 Å². The lowest BCUT2D eigenvalue weighted by atomic mass is 10.2. The molecule has 1 aromatic carbocycles. The lowest BCUT2D eigenvalue weighted by Crippen LogP contribution is -2.39. The number of carbonyl (C=O) groups excluding carboxylic acids is 1. The van der Waals surface area contributed by atoms with Crippen LogP contribution in [-0.2, 0) is 18.4 Å². The average molecular weight is 369 g/mol. The number of benzene rings is 1. The quantitative estimate of drug-likeness (QED) is 0.872. The number of aromatic nitrogens is 2. The van der Waals surface area contributed by atoms with Crippen molar-refractivity contribution in [2.45, 2.75) is 33.4 Å². The van der Waals surface area contributed by atoms with E-state index in [2.05, 4.69) is 10.4 Å². The molecule has 0 bridgehead atoms. The Kier molecular flexibility index (Phi) is 5.91. The second kappa shape index (κ2) is 7.55. The minimum Gasteiger partial charge on any atom is -0.322 e. The Hall–Kier alpha value is -1.56. The number of hydrogen-bond acceptors (Lipinski definition) is 3. The van der Waals surface area contributed by atoms with E-state index >= 15 is 0 Å². The first-order valence-corrected chi connectivity index (χ1v) is 8.41. The number of amides is 1. The number of nitrogens with one attached hydrogen (secondary N) is 1. The van der Waals surface area contributed by atoms with Crippen LogP contribution < -0.4 is 5.32 Å². The zero-order chi connectivity index (χ0) is 18.0. The van der Waals surface area contributed by atoms with Gasteiger partial charge in [0.1, 0.15) is 0 Å². The van der Waals surface area contributed by atoms with Crippen LogP contribution in [-0.4, -0.2) is 33.7 Å². The molecule has 0 unspecified atom stereocenters. The Balaban J connectivity index is 2.06. The maximum Gasteiger partial charge on any atom is 0.241 e. The largest absolute Gasteiger partial charge is 0.322 e. The predicted octanol–water partition coefficient (Wildman–Crippen LogP) is 3.80. The van der Waals surface area contributed by atoms with Crippen molar-refractivity contribution in [3.05, 3.63) is 45.2 Å². The maximum absolute atomic E-state index is 12.6. The van der Waals surface area contributed by atoms with Crippen LogP contribution in [0.15, 0.2) is 18.2 Å². The fourth-order valence-electron chi connectivity index (χ4n) is 2.44. The maximum atomic E-state index is 12.6. The van der Waals surface area contributed by atoms with Crippen molar-refractivity contribution in [3.8, 4) is 0 Å². The normalized spacial score (nSPS) is 12.5. The molecule has 0 saturated carbocycles. The Morgan fingerprint density at radius 1 is 1.38 bits per heavy atom. The van der Waals surface area contributed by atoms with Crippen LogP contribution in [0.3, 0.4) is 0 Å². The van der Waals surface area contributed by atoms with Crippen LogP contribution in [0.4, 0.5) is 5.69 Å². The molecule has 7 heteroatoms. The van der Waals surface area contributed by atoms with Crippen molar-refractivity contribution in [2.75, 3.05) is 12.4 Å². The van der Waals surface area contributed by atoms with E-state index in [4.69, 9.17) is 23.2 Å². The molecule has 0 saturated heterocycles. The van der Waals surface area contributed by atoms with E-state index in [-0.39, 0.29) is 11.9 Å². The summed E-state index contributed by atoms with van der Waals surface area (Å²) in [5.74, 6) is -0.0817. The van der Waals surface area contributed by atoms with Gasteiger partial charge in [0.05, 0.1) is 23.1 Å². The number of likely N-dealkylation sites (N-methyl/N-ethyl adjacent to an activating group) is 1. The zero-order valence-electron chi connectivity index (χ0n) is 14.5. The highest BCUT2D eigenvalue weighted by Gasteiger charge is 2.21. The number of carbonyl (C=O) groups is 1. The summed E-state index contributed by atoms with van der Waals surface area (Å²) in [4.78, 5) is 14.5. The van der Waals surface area contributed by atoms with Gasteiger partial charge in [-0.1, -0.05) is 29.3 Å². The molecule has 0 aliphatic carbocycles. The highest BCUT2D eigenvalue weighted by atomic mass is 35.5. The molecule has 0 aliphatic heterocycles. The lowest BCUT2D eigenvalue weighted by Gasteiger charge is -2.24. The van der Waals surface area contributed by atoms with Crippen molar-refractivity contribution in [1.82, 2.24) is 14.7 Å². The number of halogens is 2. The predicted molar refractivity (Wildman–Crippen MR) is 98.7 cm³/mol. The van der Waals surface area contributed by atoms with Crippen molar-refractivity contribution < 1.29 is 4.79 Å². The molecule has 2 aromatic rings. The van der Waals surface area contributed by atoms with Gasteiger partial charge in [-0.3, -0.25) is 14.4 Å². The molecular formula is C17H22Cl2N4O. The van der Waals surface area contributed by atoms with Gasteiger partial charge >= 0.3 is 0 Å². The van der Waals surface area contributed by atoms with Gasteiger partial charge < -0.3 is 5.32 Å². The first-order valence-electron chi connectivity index (χ1n) is 7.66. The van der Waals surface area contributed by atoms with Crippen LogP contribution in [0, 0.1) is 13.8 Å². The Morgan fingerprint density at radius 2 is 2.04 bits per heavy atom. The fraction of sp³-hybridized carbons (Fsp3) is 0.412. The molecule has 1 N–H and O–H groups in total. The van der Waals surface area contributed by atoms with Crippen molar-refractivity contribution >= 4 is 34.8 Å². The summed E-state index contributed by atoms with van der Waals surface area (Å²) >= 11 is 12.1. The highest BCUT2D eigenvalue weighted by molar-refractivity contribution is 6.35. The van der Waals surface area contributed by atoms with Crippen LogP contribution in [0.1, 0.15) is 23.9 Å². The standard InChI is InChI=1S/C17H22Cl2N4O/c1-10-16(11(2)23(5)21-10)20-17(24)12(3)22(4)9-13-6-7-14(18)8-15(13)19/h6-8,12H,9H2,1-5H3,(H,20,24)/t12-/m1/s1. The Bertz CT molecular complexity index is 757. The van der Waals surface area contributed by atoms with Crippen molar-refractivity contribution in [2.24, 2.45) is 7.05 Å². The summed E-state index contributed by atoms with van der Waals surface area (Å²) in [5.41, 5.74) is 3.43. The number of hydrogen-bond donors (Lipinski definition) is 1. The minimum atomic E-state index is -0.323. The van der Waals surface area contributed by atoms with Gasteiger partial charge in [0.25, 0.3) is 0 Å². The van der Waals surface area contributed by atoms with E-state index in [0.717, 1.165) is 22.6 Å². The van der Waals surface area contributed by atoms with E-state index in [0.29, 0.717) is 16.6 Å². The topological polar surface area (TPSA) is 50.2 Å². The molecule has 1 heterocycles. The molecule has 0 fully saturated rings. The van der Waals surface area contributed by atoms with E-state index < -0.39 is 0 Å².